The summed E-state index contributed by atoms with van der Waals surface area (Å²) < 4.78 is 0. The van der Waals surface area contributed by atoms with Crippen molar-refractivity contribution in [2.45, 2.75) is 6.92 Å². The van der Waals surface area contributed by atoms with E-state index in [0.717, 1.165) is 5.56 Å². The summed E-state index contributed by atoms with van der Waals surface area (Å²) in [6.45, 7) is 1.95. The van der Waals surface area contributed by atoms with Gasteiger partial charge in [-0.15, -0.1) is 5.11 Å². The van der Waals surface area contributed by atoms with E-state index in [0.29, 0.717) is 5.82 Å². The lowest BCUT2D eigenvalue weighted by atomic mass is 10.3. The van der Waals surface area contributed by atoms with Crippen molar-refractivity contribution in [3.63, 3.8) is 0 Å². The molecule has 1 heterocycles. The molecular formula is C6H7N3. The monoisotopic (exact) mass is 121 g/mol. The molecule has 3 nitrogen and oxygen atoms in total. The minimum absolute atomic E-state index is 0.459. The van der Waals surface area contributed by atoms with Gasteiger partial charge in [-0.2, -0.15) is 0 Å². The molecule has 0 radical (unpaired) electrons. The number of hydrogen-bond acceptors (Lipinski definition) is 3. The highest BCUT2D eigenvalue weighted by atomic mass is 15.0. The molecular weight excluding hydrogens is 114 g/mol. The third-order valence-electron chi connectivity index (χ3n) is 1.01. The van der Waals surface area contributed by atoms with Crippen LogP contribution in [0.15, 0.2) is 23.4 Å². The van der Waals surface area contributed by atoms with Crippen molar-refractivity contribution in [1.82, 2.24) is 4.98 Å². The van der Waals surface area contributed by atoms with Crippen molar-refractivity contribution in [2.24, 2.45) is 5.11 Å². The van der Waals surface area contributed by atoms with E-state index in [2.05, 4.69) is 10.1 Å². The first-order valence-electron chi connectivity index (χ1n) is 2.63. The Morgan fingerprint density at radius 3 is 2.78 bits per heavy atom. The van der Waals surface area contributed by atoms with Gasteiger partial charge < -0.3 is 0 Å². The average Bonchev–Trinajstić information content (AvgIpc) is 1.90. The summed E-state index contributed by atoms with van der Waals surface area (Å²) in [5.74, 6) is 0.459. The van der Waals surface area contributed by atoms with E-state index in [9.17, 15) is 0 Å². The van der Waals surface area contributed by atoms with Crippen LogP contribution >= 0.6 is 0 Å². The molecule has 9 heavy (non-hydrogen) atoms. The van der Waals surface area contributed by atoms with Crippen LogP contribution in [0.3, 0.4) is 0 Å². The zero-order chi connectivity index (χ0) is 6.69. The molecule has 0 aromatic carbocycles. The van der Waals surface area contributed by atoms with Gasteiger partial charge in [0.05, 0.1) is 0 Å². The van der Waals surface area contributed by atoms with E-state index in [4.69, 9.17) is 5.53 Å². The predicted molar refractivity (Wildman–Crippen MR) is 33.8 cm³/mol. The van der Waals surface area contributed by atoms with E-state index in [1.54, 1.807) is 12.3 Å². The van der Waals surface area contributed by atoms with Crippen LogP contribution in [0, 0.1) is 12.5 Å². The summed E-state index contributed by atoms with van der Waals surface area (Å²) in [5, 5.41) is 3.15. The van der Waals surface area contributed by atoms with Gasteiger partial charge in [0.15, 0.2) is 5.82 Å². The molecule has 1 aromatic heterocycles. The smallest absolute Gasteiger partial charge is 0.173 e. The summed E-state index contributed by atoms with van der Waals surface area (Å²) in [6, 6.07) is 3.59. The van der Waals surface area contributed by atoms with Gasteiger partial charge in [0.1, 0.15) is 0 Å². The van der Waals surface area contributed by atoms with E-state index in [-0.39, 0.29) is 0 Å². The lowest BCUT2D eigenvalue weighted by molar-refractivity contribution is 1.08. The molecule has 1 aromatic rings. The van der Waals surface area contributed by atoms with Gasteiger partial charge in [-0.25, -0.2) is 10.5 Å². The van der Waals surface area contributed by atoms with E-state index in [1.165, 1.54) is 0 Å². The summed E-state index contributed by atoms with van der Waals surface area (Å²) >= 11 is 0. The molecule has 0 atom stereocenters. The first kappa shape index (κ1) is 5.88. The average molecular weight is 121 g/mol. The van der Waals surface area contributed by atoms with Crippen LogP contribution in [0.4, 0.5) is 5.82 Å². The maximum absolute atomic E-state index is 6.58. The van der Waals surface area contributed by atoms with E-state index < -0.39 is 0 Å². The molecule has 0 saturated carbocycles. The Balaban J connectivity index is 3.01. The minimum atomic E-state index is 0.459. The second kappa shape index (κ2) is 2.35. The third-order valence-corrected chi connectivity index (χ3v) is 1.01. The minimum Gasteiger partial charge on any atom is -0.235 e. The highest BCUT2D eigenvalue weighted by molar-refractivity contribution is 5.26. The fourth-order valence-corrected chi connectivity index (χ4v) is 0.526. The Bertz CT molecular complexity index is 202. The molecule has 0 aliphatic carbocycles. The maximum atomic E-state index is 6.58. The van der Waals surface area contributed by atoms with Crippen molar-refractivity contribution in [2.75, 3.05) is 0 Å². The number of aryl methyl sites for hydroxylation is 1. The molecule has 0 amide bonds. The molecule has 1 rings (SSSR count). The summed E-state index contributed by atoms with van der Waals surface area (Å²) in [5.41, 5.74) is 7.66. The van der Waals surface area contributed by atoms with Gasteiger partial charge in [0.2, 0.25) is 0 Å². The summed E-state index contributed by atoms with van der Waals surface area (Å²) in [4.78, 5) is 3.84. The van der Waals surface area contributed by atoms with Crippen LogP contribution in [0.25, 0.3) is 0 Å². The lowest BCUT2D eigenvalue weighted by Crippen LogP contribution is -1.73. The van der Waals surface area contributed by atoms with Gasteiger partial charge in [0.25, 0.3) is 0 Å². The second-order valence-corrected chi connectivity index (χ2v) is 1.81. The van der Waals surface area contributed by atoms with Crippen molar-refractivity contribution in [3.8, 4) is 0 Å². The van der Waals surface area contributed by atoms with Gasteiger partial charge >= 0.3 is 0 Å². The largest absolute Gasteiger partial charge is 0.235 e. The van der Waals surface area contributed by atoms with Crippen LogP contribution in [-0.4, -0.2) is 4.98 Å². The number of rotatable bonds is 1. The highest BCUT2D eigenvalue weighted by Crippen LogP contribution is 2.05. The van der Waals surface area contributed by atoms with E-state index in [1.807, 2.05) is 13.0 Å². The van der Waals surface area contributed by atoms with Crippen molar-refractivity contribution in [3.05, 3.63) is 23.9 Å². The van der Waals surface area contributed by atoms with E-state index >= 15 is 0 Å². The van der Waals surface area contributed by atoms with Gasteiger partial charge in [-0.1, -0.05) is 6.07 Å². The normalized spacial score (nSPS) is 9.00. The van der Waals surface area contributed by atoms with Crippen LogP contribution < -0.4 is 0 Å². The van der Waals surface area contributed by atoms with Gasteiger partial charge in [0, 0.05) is 6.20 Å². The fraction of sp³-hybridized carbons (Fsp3) is 0.167. The molecule has 0 unspecified atom stereocenters. The Kier molecular flexibility index (Phi) is 1.53. The van der Waals surface area contributed by atoms with Crippen molar-refractivity contribution >= 4 is 5.82 Å². The molecule has 0 spiro atoms. The SMILES string of the molecule is Cc1ccc(N=N)nc1. The van der Waals surface area contributed by atoms with Crippen LogP contribution in [0.5, 0.6) is 0 Å². The molecule has 0 saturated heterocycles. The molecule has 46 valence electrons. The molecule has 3 heteroatoms. The molecule has 0 bridgehead atoms. The predicted octanol–water partition coefficient (Wildman–Crippen LogP) is 2.05. The number of nitrogens with zero attached hydrogens (tertiary/aromatic N) is 2. The first-order valence-corrected chi connectivity index (χ1v) is 2.63. The molecule has 1 N–H and O–H groups in total. The fourth-order valence-electron chi connectivity index (χ4n) is 0.526. The molecule has 0 fully saturated rings. The lowest BCUT2D eigenvalue weighted by Gasteiger charge is -1.88. The third kappa shape index (κ3) is 1.32. The Labute approximate surface area is 53.3 Å². The topological polar surface area (TPSA) is 49.1 Å². The standard InChI is InChI=1S/C6H7N3/c1-5-2-3-6(9-7)8-4-5/h2-4,7H,1H3. The van der Waals surface area contributed by atoms with Crippen molar-refractivity contribution in [1.29, 1.82) is 5.53 Å². The zero-order valence-electron chi connectivity index (χ0n) is 5.13. The zero-order valence-corrected chi connectivity index (χ0v) is 5.13. The Morgan fingerprint density at radius 2 is 2.33 bits per heavy atom. The first-order chi connectivity index (χ1) is 4.33. The number of aromatic nitrogens is 1. The quantitative estimate of drug-likeness (QED) is 0.568. The van der Waals surface area contributed by atoms with Crippen LogP contribution in [-0.2, 0) is 0 Å². The highest BCUT2D eigenvalue weighted by Gasteiger charge is 1.85. The van der Waals surface area contributed by atoms with Crippen LogP contribution in [0.2, 0.25) is 0 Å². The number of hydrogen-bond donors (Lipinski definition) is 1. The number of nitrogens with one attached hydrogen (secondary N) is 1. The maximum Gasteiger partial charge on any atom is 0.173 e. The van der Waals surface area contributed by atoms with Crippen molar-refractivity contribution < 1.29 is 0 Å². The Morgan fingerprint density at radius 1 is 1.56 bits per heavy atom. The summed E-state index contributed by atoms with van der Waals surface area (Å²) in [6.07, 6.45) is 1.69. The Hall–Kier alpha value is -1.25. The summed E-state index contributed by atoms with van der Waals surface area (Å²) in [7, 11) is 0. The molecule has 0 aliphatic rings. The van der Waals surface area contributed by atoms with Crippen LogP contribution in [0.1, 0.15) is 5.56 Å². The van der Waals surface area contributed by atoms with Gasteiger partial charge in [-0.3, -0.25) is 0 Å². The van der Waals surface area contributed by atoms with Gasteiger partial charge in [-0.05, 0) is 18.6 Å². The second-order valence-electron chi connectivity index (χ2n) is 1.81. The number of pyridine rings is 1. The molecule has 0 aliphatic heterocycles.